The van der Waals surface area contributed by atoms with Gasteiger partial charge in [0.05, 0.1) is 10.6 Å². The van der Waals surface area contributed by atoms with Gasteiger partial charge >= 0.3 is 0 Å². The molecular formula is C21H24N2O3. The number of carbonyl (C=O) groups is 1. The molecule has 0 fully saturated rings. The van der Waals surface area contributed by atoms with Crippen molar-refractivity contribution >= 4 is 23.4 Å². The maximum atomic E-state index is 12.3. The summed E-state index contributed by atoms with van der Waals surface area (Å²) in [5.41, 5.74) is 3.69. The molecule has 0 bridgehead atoms. The van der Waals surface area contributed by atoms with E-state index < -0.39 is 4.92 Å². The summed E-state index contributed by atoms with van der Waals surface area (Å²) >= 11 is 0. The maximum Gasteiger partial charge on any atom is 0.269 e. The molecule has 2 rings (SSSR count). The van der Waals surface area contributed by atoms with Crippen molar-refractivity contribution in [2.24, 2.45) is 4.99 Å². The third-order valence-electron chi connectivity index (χ3n) is 4.24. The number of ketones is 1. The van der Waals surface area contributed by atoms with Gasteiger partial charge in [-0.1, -0.05) is 45.9 Å². The Balaban J connectivity index is 2.20. The number of nitro benzene ring substituents is 1. The van der Waals surface area contributed by atoms with Gasteiger partial charge in [-0.15, -0.1) is 0 Å². The van der Waals surface area contributed by atoms with E-state index in [0.29, 0.717) is 17.4 Å². The van der Waals surface area contributed by atoms with Crippen molar-refractivity contribution < 1.29 is 9.72 Å². The molecule has 0 radical (unpaired) electrons. The molecule has 2 aromatic rings. The first-order valence-corrected chi connectivity index (χ1v) is 8.74. The van der Waals surface area contributed by atoms with Gasteiger partial charge in [-0.2, -0.15) is 0 Å². The Labute approximate surface area is 153 Å². The summed E-state index contributed by atoms with van der Waals surface area (Å²) in [6, 6.07) is 11.8. The second kappa shape index (κ2) is 8.52. The first-order chi connectivity index (χ1) is 12.3. The molecule has 26 heavy (non-hydrogen) atoms. The lowest BCUT2D eigenvalue weighted by Crippen LogP contribution is -2.00. The summed E-state index contributed by atoms with van der Waals surface area (Å²) in [4.78, 5) is 27.1. The fourth-order valence-electron chi connectivity index (χ4n) is 2.77. The van der Waals surface area contributed by atoms with Crippen molar-refractivity contribution in [1.29, 1.82) is 0 Å². The Hall–Kier alpha value is -2.82. The van der Waals surface area contributed by atoms with Crippen LogP contribution >= 0.6 is 0 Å². The SMILES string of the molecule is CC(C)c1cccc(C(C)C)c1N=CCC(=O)c1ccc([N+](=O)[O-])cc1. The first-order valence-electron chi connectivity index (χ1n) is 8.74. The zero-order valence-electron chi connectivity index (χ0n) is 15.6. The van der Waals surface area contributed by atoms with Gasteiger partial charge in [0, 0.05) is 30.3 Å². The molecule has 0 aromatic heterocycles. The molecule has 0 amide bonds. The molecule has 0 saturated heterocycles. The number of non-ortho nitro benzene ring substituents is 1. The lowest BCUT2D eigenvalue weighted by Gasteiger charge is -2.16. The van der Waals surface area contributed by atoms with Gasteiger partial charge < -0.3 is 0 Å². The number of carbonyl (C=O) groups excluding carboxylic acids is 1. The van der Waals surface area contributed by atoms with E-state index in [4.69, 9.17) is 0 Å². The molecule has 0 atom stereocenters. The Bertz CT molecular complexity index is 795. The number of para-hydroxylation sites is 1. The number of Topliss-reactive ketones (excluding diaryl/α,β-unsaturated/α-hetero) is 1. The average Bonchev–Trinajstić information content (AvgIpc) is 2.61. The largest absolute Gasteiger partial charge is 0.294 e. The van der Waals surface area contributed by atoms with Crippen LogP contribution in [0, 0.1) is 10.1 Å². The van der Waals surface area contributed by atoms with Crippen LogP contribution in [0.3, 0.4) is 0 Å². The van der Waals surface area contributed by atoms with E-state index in [1.165, 1.54) is 24.3 Å². The van der Waals surface area contributed by atoms with Crippen LogP contribution in [0.4, 0.5) is 11.4 Å². The molecule has 0 N–H and O–H groups in total. The van der Waals surface area contributed by atoms with E-state index in [2.05, 4.69) is 44.8 Å². The highest BCUT2D eigenvalue weighted by Crippen LogP contribution is 2.34. The van der Waals surface area contributed by atoms with E-state index in [9.17, 15) is 14.9 Å². The van der Waals surface area contributed by atoms with Crippen LogP contribution in [0.15, 0.2) is 47.5 Å². The molecule has 5 nitrogen and oxygen atoms in total. The predicted octanol–water partition coefficient (Wildman–Crippen LogP) is 5.82. The van der Waals surface area contributed by atoms with Crippen LogP contribution < -0.4 is 0 Å². The van der Waals surface area contributed by atoms with E-state index in [-0.39, 0.29) is 17.9 Å². The monoisotopic (exact) mass is 352 g/mol. The third-order valence-corrected chi connectivity index (χ3v) is 4.24. The average molecular weight is 352 g/mol. The van der Waals surface area contributed by atoms with Crippen LogP contribution in [0.5, 0.6) is 0 Å². The standard InChI is InChI=1S/C21H24N2O3/c1-14(2)18-6-5-7-19(15(3)4)21(18)22-13-12-20(24)16-8-10-17(11-9-16)23(25)26/h5-11,13-15H,12H2,1-4H3. The number of benzene rings is 2. The van der Waals surface area contributed by atoms with Crippen molar-refractivity contribution in [3.8, 4) is 0 Å². The first kappa shape index (κ1) is 19.5. The van der Waals surface area contributed by atoms with Crippen LogP contribution in [0.25, 0.3) is 0 Å². The molecule has 0 spiro atoms. The van der Waals surface area contributed by atoms with Crippen LogP contribution in [-0.4, -0.2) is 16.9 Å². The molecule has 0 aliphatic carbocycles. The minimum absolute atomic E-state index is 0.0253. The molecule has 5 heteroatoms. The topological polar surface area (TPSA) is 72.6 Å². The maximum absolute atomic E-state index is 12.3. The number of nitrogens with zero attached hydrogens (tertiary/aromatic N) is 2. The number of nitro groups is 1. The number of hydrogen-bond donors (Lipinski definition) is 0. The van der Waals surface area contributed by atoms with Gasteiger partial charge in [0.25, 0.3) is 5.69 Å². The lowest BCUT2D eigenvalue weighted by molar-refractivity contribution is -0.384. The van der Waals surface area contributed by atoms with Crippen molar-refractivity contribution in [3.05, 3.63) is 69.3 Å². The van der Waals surface area contributed by atoms with Crippen molar-refractivity contribution in [3.63, 3.8) is 0 Å². The minimum Gasteiger partial charge on any atom is -0.294 e. The van der Waals surface area contributed by atoms with Gasteiger partial charge in [0.15, 0.2) is 5.78 Å². The summed E-state index contributed by atoms with van der Waals surface area (Å²) in [5.74, 6) is 0.564. The van der Waals surface area contributed by atoms with Crippen LogP contribution in [0.2, 0.25) is 0 Å². The van der Waals surface area contributed by atoms with Gasteiger partial charge in [-0.25, -0.2) is 0 Å². The minimum atomic E-state index is -0.480. The zero-order valence-corrected chi connectivity index (χ0v) is 15.6. The molecule has 136 valence electrons. The Morgan fingerprint density at radius 3 is 2.04 bits per heavy atom. The van der Waals surface area contributed by atoms with E-state index in [1.54, 1.807) is 6.21 Å². The molecule has 0 unspecified atom stereocenters. The molecule has 0 aliphatic heterocycles. The van der Waals surface area contributed by atoms with Gasteiger partial charge in [0.2, 0.25) is 0 Å². The lowest BCUT2D eigenvalue weighted by atomic mass is 9.93. The summed E-state index contributed by atoms with van der Waals surface area (Å²) in [5, 5.41) is 10.7. The molecule has 0 aliphatic rings. The summed E-state index contributed by atoms with van der Waals surface area (Å²) in [6.07, 6.45) is 1.79. The van der Waals surface area contributed by atoms with E-state index >= 15 is 0 Å². The van der Waals surface area contributed by atoms with Crippen LogP contribution in [0.1, 0.15) is 67.4 Å². The second-order valence-electron chi connectivity index (χ2n) is 6.84. The summed E-state index contributed by atoms with van der Waals surface area (Å²) in [6.45, 7) is 8.50. The quantitative estimate of drug-likeness (QED) is 0.273. The van der Waals surface area contributed by atoms with E-state index in [0.717, 1.165) is 16.8 Å². The van der Waals surface area contributed by atoms with Crippen molar-refractivity contribution in [2.75, 3.05) is 0 Å². The molecule has 2 aromatic carbocycles. The predicted molar refractivity (Wildman–Crippen MR) is 105 cm³/mol. The normalized spacial score (nSPS) is 11.5. The van der Waals surface area contributed by atoms with Gasteiger partial charge in [-0.3, -0.25) is 19.9 Å². The molecule has 0 heterocycles. The highest BCUT2D eigenvalue weighted by molar-refractivity contribution is 6.04. The zero-order chi connectivity index (χ0) is 19.3. The Morgan fingerprint density at radius 2 is 1.58 bits per heavy atom. The number of hydrogen-bond acceptors (Lipinski definition) is 4. The van der Waals surface area contributed by atoms with Crippen molar-refractivity contribution in [2.45, 2.75) is 46.0 Å². The summed E-state index contributed by atoms with van der Waals surface area (Å²) in [7, 11) is 0. The van der Waals surface area contributed by atoms with Gasteiger partial charge in [0.1, 0.15) is 0 Å². The number of aliphatic imine (C=N–C) groups is 1. The fourth-order valence-corrected chi connectivity index (χ4v) is 2.77. The van der Waals surface area contributed by atoms with E-state index in [1.807, 2.05) is 6.07 Å². The van der Waals surface area contributed by atoms with Crippen LogP contribution in [-0.2, 0) is 0 Å². The Morgan fingerprint density at radius 1 is 1.04 bits per heavy atom. The smallest absolute Gasteiger partial charge is 0.269 e. The molecule has 0 saturated carbocycles. The Kier molecular flexibility index (Phi) is 6.39. The highest BCUT2D eigenvalue weighted by Gasteiger charge is 2.13. The highest BCUT2D eigenvalue weighted by atomic mass is 16.6. The number of rotatable bonds is 7. The van der Waals surface area contributed by atoms with Gasteiger partial charge in [-0.05, 0) is 35.1 Å². The summed E-state index contributed by atoms with van der Waals surface area (Å²) < 4.78 is 0. The fraction of sp³-hybridized carbons (Fsp3) is 0.333. The molecular weight excluding hydrogens is 328 g/mol. The second-order valence-corrected chi connectivity index (χ2v) is 6.84. The third kappa shape index (κ3) is 4.63. The van der Waals surface area contributed by atoms with Crippen molar-refractivity contribution in [1.82, 2.24) is 0 Å².